The quantitative estimate of drug-likeness (QED) is 0.569. The molecule has 0 spiro atoms. The Morgan fingerprint density at radius 1 is 1.25 bits per heavy atom. The Balaban J connectivity index is 1.75. The number of aryl methyl sites for hydroxylation is 1. The van der Waals surface area contributed by atoms with Crippen LogP contribution in [0.1, 0.15) is 30.9 Å². The number of nitrogens with one attached hydrogen (secondary N) is 1. The highest BCUT2D eigenvalue weighted by molar-refractivity contribution is 6.11. The molecule has 3 rings (SSSR count). The predicted molar refractivity (Wildman–Crippen MR) is 118 cm³/mol. The second-order valence-electron chi connectivity index (χ2n) is 8.02. The van der Waals surface area contributed by atoms with E-state index in [1.165, 1.54) is 12.0 Å². The number of carbonyl (C=O) groups excluding carboxylic acids is 3. The molecule has 0 radical (unpaired) electrons. The fourth-order valence-corrected chi connectivity index (χ4v) is 4.05. The van der Waals surface area contributed by atoms with E-state index in [-0.39, 0.29) is 56.4 Å². The zero-order valence-corrected chi connectivity index (χ0v) is 18.7. The minimum absolute atomic E-state index is 0.0461. The first-order valence-corrected chi connectivity index (χ1v) is 10.6. The first-order valence-electron chi connectivity index (χ1n) is 10.6. The molecule has 170 valence electrons. The monoisotopic (exact) mass is 439 g/mol. The highest BCUT2D eigenvalue weighted by Crippen LogP contribution is 2.41. The third-order valence-corrected chi connectivity index (χ3v) is 5.61. The van der Waals surface area contributed by atoms with Crippen LogP contribution in [-0.2, 0) is 24.5 Å². The van der Waals surface area contributed by atoms with Gasteiger partial charge in [-0.15, -0.1) is 0 Å². The Morgan fingerprint density at radius 2 is 2.03 bits per heavy atom. The lowest BCUT2D eigenvalue weighted by Gasteiger charge is -2.28. The van der Waals surface area contributed by atoms with Crippen molar-refractivity contribution in [2.75, 3.05) is 26.8 Å². The Bertz CT molecular complexity index is 965. The van der Waals surface area contributed by atoms with E-state index < -0.39 is 5.41 Å². The first kappa shape index (κ1) is 23.4. The summed E-state index contributed by atoms with van der Waals surface area (Å²) in [5.74, 6) is -0.361. The molecule has 32 heavy (non-hydrogen) atoms. The molecule has 8 nitrogen and oxygen atoms in total. The number of likely N-dealkylation sites (tertiary alicyclic amines) is 1. The lowest BCUT2D eigenvalue weighted by molar-refractivity contribution is -0.141. The normalized spacial score (nSPS) is 19.2. The Kier molecular flexibility index (Phi) is 7.58. The maximum absolute atomic E-state index is 13.4. The van der Waals surface area contributed by atoms with Crippen LogP contribution in [0.25, 0.3) is 0 Å². The summed E-state index contributed by atoms with van der Waals surface area (Å²) in [5.41, 5.74) is 0.338. The van der Waals surface area contributed by atoms with Gasteiger partial charge >= 0.3 is 0 Å². The zero-order valence-electron chi connectivity index (χ0n) is 18.7. The number of imide groups is 1. The van der Waals surface area contributed by atoms with E-state index in [0.29, 0.717) is 11.3 Å². The van der Waals surface area contributed by atoms with E-state index in [1.807, 2.05) is 38.1 Å². The molecule has 2 atom stereocenters. The molecule has 0 unspecified atom stereocenters. The van der Waals surface area contributed by atoms with Crippen molar-refractivity contribution in [1.82, 2.24) is 15.2 Å². The van der Waals surface area contributed by atoms with Crippen molar-refractivity contribution < 1.29 is 23.9 Å². The molecule has 1 aromatic carbocycles. The smallest absolute Gasteiger partial charge is 0.240 e. The summed E-state index contributed by atoms with van der Waals surface area (Å²) in [7, 11) is 1.52. The van der Waals surface area contributed by atoms with Crippen LogP contribution in [-0.4, -0.2) is 60.5 Å². The van der Waals surface area contributed by atoms with Crippen LogP contribution in [0.2, 0.25) is 0 Å². The summed E-state index contributed by atoms with van der Waals surface area (Å²) < 4.78 is 10.8. The summed E-state index contributed by atoms with van der Waals surface area (Å²) in [5, 5.41) is 2.85. The number of benzene rings is 1. The topological polar surface area (TPSA) is 97.8 Å². The summed E-state index contributed by atoms with van der Waals surface area (Å²) in [6.07, 6.45) is 2.79. The van der Waals surface area contributed by atoms with Crippen LogP contribution in [0.15, 0.2) is 48.8 Å². The van der Waals surface area contributed by atoms with E-state index in [4.69, 9.17) is 9.47 Å². The summed E-state index contributed by atoms with van der Waals surface area (Å²) in [4.78, 5) is 44.3. The zero-order chi connectivity index (χ0) is 23.1. The van der Waals surface area contributed by atoms with Gasteiger partial charge in [-0.25, -0.2) is 0 Å². The standard InChI is InChI=1S/C24H29N3O5/c1-17-7-4-5-9-20(17)24(14-22(29)27(23(24)30)11-12-31-3)13-21(28)26-15-18(2)32-19-8-6-10-25-16-19/h4-10,16,18H,11-15H2,1-3H3,(H,26,28)/t18-,24+/m1/s1. The lowest BCUT2D eigenvalue weighted by atomic mass is 9.74. The Morgan fingerprint density at radius 3 is 2.72 bits per heavy atom. The number of pyridine rings is 1. The third-order valence-electron chi connectivity index (χ3n) is 5.61. The number of hydrogen-bond acceptors (Lipinski definition) is 6. The van der Waals surface area contributed by atoms with E-state index >= 15 is 0 Å². The molecule has 1 saturated heterocycles. The van der Waals surface area contributed by atoms with Crippen molar-refractivity contribution in [1.29, 1.82) is 0 Å². The molecule has 8 heteroatoms. The van der Waals surface area contributed by atoms with Crippen LogP contribution < -0.4 is 10.1 Å². The van der Waals surface area contributed by atoms with Crippen molar-refractivity contribution in [3.8, 4) is 5.75 Å². The largest absolute Gasteiger partial charge is 0.487 e. The van der Waals surface area contributed by atoms with Crippen molar-refractivity contribution in [3.05, 3.63) is 59.9 Å². The maximum Gasteiger partial charge on any atom is 0.240 e. The van der Waals surface area contributed by atoms with Gasteiger partial charge in [0.05, 0.1) is 31.3 Å². The van der Waals surface area contributed by atoms with E-state index in [2.05, 4.69) is 10.3 Å². The molecular weight excluding hydrogens is 410 g/mol. The fraction of sp³-hybridized carbons (Fsp3) is 0.417. The van der Waals surface area contributed by atoms with Crippen molar-refractivity contribution >= 4 is 17.7 Å². The molecule has 1 N–H and O–H groups in total. The molecule has 0 bridgehead atoms. The van der Waals surface area contributed by atoms with Gasteiger partial charge in [-0.2, -0.15) is 0 Å². The summed E-state index contributed by atoms with van der Waals surface area (Å²) >= 11 is 0. The van der Waals surface area contributed by atoms with Gasteiger partial charge in [-0.3, -0.25) is 24.3 Å². The van der Waals surface area contributed by atoms with E-state index in [9.17, 15) is 14.4 Å². The third kappa shape index (κ3) is 5.13. The number of hydrogen-bond donors (Lipinski definition) is 1. The second-order valence-corrected chi connectivity index (χ2v) is 8.02. The highest BCUT2D eigenvalue weighted by Gasteiger charge is 2.54. The van der Waals surface area contributed by atoms with Crippen LogP contribution in [0.5, 0.6) is 5.75 Å². The molecule has 1 aromatic heterocycles. The van der Waals surface area contributed by atoms with Crippen LogP contribution >= 0.6 is 0 Å². The number of carbonyl (C=O) groups is 3. The van der Waals surface area contributed by atoms with Crippen LogP contribution in [0.4, 0.5) is 0 Å². The number of rotatable bonds is 10. The van der Waals surface area contributed by atoms with Gasteiger partial charge in [0.2, 0.25) is 17.7 Å². The first-order chi connectivity index (χ1) is 15.4. The number of methoxy groups -OCH3 is 1. The van der Waals surface area contributed by atoms with Gasteiger partial charge < -0.3 is 14.8 Å². The molecule has 2 aromatic rings. The number of aromatic nitrogens is 1. The Hall–Kier alpha value is -3.26. The molecule has 2 heterocycles. The average molecular weight is 440 g/mol. The van der Waals surface area contributed by atoms with Gasteiger partial charge in [-0.1, -0.05) is 24.3 Å². The number of nitrogens with zero attached hydrogens (tertiary/aromatic N) is 2. The minimum atomic E-state index is -1.23. The molecule has 1 aliphatic heterocycles. The average Bonchev–Trinajstić information content (AvgIpc) is 3.01. The van der Waals surface area contributed by atoms with E-state index in [1.54, 1.807) is 24.5 Å². The number of ether oxygens (including phenoxy) is 2. The molecular formula is C24H29N3O5. The molecule has 1 aliphatic rings. The van der Waals surface area contributed by atoms with Gasteiger partial charge in [0, 0.05) is 26.1 Å². The lowest BCUT2D eigenvalue weighted by Crippen LogP contribution is -2.44. The van der Waals surface area contributed by atoms with Gasteiger partial charge in [0.25, 0.3) is 0 Å². The van der Waals surface area contributed by atoms with Crippen LogP contribution in [0.3, 0.4) is 0 Å². The van der Waals surface area contributed by atoms with Crippen molar-refractivity contribution in [2.45, 2.75) is 38.2 Å². The fourth-order valence-electron chi connectivity index (χ4n) is 4.05. The van der Waals surface area contributed by atoms with Crippen molar-refractivity contribution in [3.63, 3.8) is 0 Å². The molecule has 0 aliphatic carbocycles. The molecule has 0 saturated carbocycles. The van der Waals surface area contributed by atoms with Gasteiger partial charge in [-0.05, 0) is 37.1 Å². The Labute approximate surface area is 187 Å². The van der Waals surface area contributed by atoms with Gasteiger partial charge in [0.1, 0.15) is 11.9 Å². The summed E-state index contributed by atoms with van der Waals surface area (Å²) in [6, 6.07) is 11.0. The molecule has 3 amide bonds. The van der Waals surface area contributed by atoms with E-state index in [0.717, 1.165) is 5.56 Å². The predicted octanol–water partition coefficient (Wildman–Crippen LogP) is 2.01. The van der Waals surface area contributed by atoms with Gasteiger partial charge in [0.15, 0.2) is 0 Å². The van der Waals surface area contributed by atoms with Crippen molar-refractivity contribution in [2.24, 2.45) is 0 Å². The highest BCUT2D eigenvalue weighted by atomic mass is 16.5. The molecule has 1 fully saturated rings. The number of amides is 3. The minimum Gasteiger partial charge on any atom is -0.487 e. The SMILES string of the molecule is COCCN1C(=O)C[C@@](CC(=O)NC[C@@H](C)Oc2cccnc2)(c2ccccc2C)C1=O. The second kappa shape index (κ2) is 10.4. The van der Waals surface area contributed by atoms with Crippen LogP contribution in [0, 0.1) is 6.92 Å². The summed E-state index contributed by atoms with van der Waals surface area (Å²) in [6.45, 7) is 4.39. The maximum atomic E-state index is 13.4.